The van der Waals surface area contributed by atoms with Crippen molar-refractivity contribution in [2.24, 2.45) is 0 Å². The van der Waals surface area contributed by atoms with Crippen LogP contribution in [0.5, 0.6) is 0 Å². The number of Topliss-reactive ketones (excluding diaryl/α,β-unsaturated/α-hetero) is 1. The van der Waals surface area contributed by atoms with E-state index in [4.69, 9.17) is 4.98 Å². The maximum absolute atomic E-state index is 13.4. The second kappa shape index (κ2) is 9.42. The van der Waals surface area contributed by atoms with E-state index in [1.807, 2.05) is 0 Å². The molecule has 1 unspecified atom stereocenters. The molecule has 8 heteroatoms. The van der Waals surface area contributed by atoms with Gasteiger partial charge in [0.1, 0.15) is 4.83 Å². The molecule has 1 aliphatic rings. The van der Waals surface area contributed by atoms with Crippen molar-refractivity contribution < 1.29 is 9.59 Å². The lowest BCUT2D eigenvalue weighted by Crippen LogP contribution is -2.27. The lowest BCUT2D eigenvalue weighted by molar-refractivity contribution is -0.115. The Balaban J connectivity index is 1.65. The predicted octanol–water partition coefficient (Wildman–Crippen LogP) is 4.84. The number of nitrogens with one attached hydrogen (secondary N) is 1. The molecule has 3 aromatic rings. The van der Waals surface area contributed by atoms with Crippen molar-refractivity contribution >= 4 is 50.7 Å². The Hall–Kier alpha value is -2.71. The molecule has 6 nitrogen and oxygen atoms in total. The van der Waals surface area contributed by atoms with Gasteiger partial charge < -0.3 is 5.32 Å². The fraction of sp³-hybridized carbons (Fsp3) is 0.333. The lowest BCUT2D eigenvalue weighted by Gasteiger charge is -2.16. The number of carbonyl (C=O) groups is 2. The van der Waals surface area contributed by atoms with Crippen LogP contribution < -0.4 is 10.9 Å². The molecule has 0 saturated heterocycles. The minimum atomic E-state index is -0.523. The van der Waals surface area contributed by atoms with Crippen LogP contribution in [0.4, 0.5) is 5.69 Å². The third-order valence-corrected chi connectivity index (χ3v) is 7.84. The zero-order valence-electron chi connectivity index (χ0n) is 18.1. The average molecular weight is 468 g/mol. The minimum Gasteiger partial charge on any atom is -0.324 e. The number of anilines is 1. The molecule has 1 aliphatic carbocycles. The number of hydrogen-bond donors (Lipinski definition) is 1. The predicted molar refractivity (Wildman–Crippen MR) is 131 cm³/mol. The van der Waals surface area contributed by atoms with Gasteiger partial charge in [0.15, 0.2) is 10.9 Å². The van der Waals surface area contributed by atoms with Crippen molar-refractivity contribution in [3.05, 3.63) is 63.3 Å². The van der Waals surface area contributed by atoms with Gasteiger partial charge in [-0.15, -0.1) is 17.9 Å². The number of benzene rings is 1. The highest BCUT2D eigenvalue weighted by atomic mass is 32.2. The average Bonchev–Trinajstić information content (AvgIpc) is 3.15. The van der Waals surface area contributed by atoms with Gasteiger partial charge in [-0.05, 0) is 57.2 Å². The molecule has 1 atom stereocenters. The van der Waals surface area contributed by atoms with E-state index in [1.54, 1.807) is 53.2 Å². The van der Waals surface area contributed by atoms with Crippen molar-refractivity contribution in [3.63, 3.8) is 0 Å². The van der Waals surface area contributed by atoms with E-state index in [9.17, 15) is 14.4 Å². The van der Waals surface area contributed by atoms with Gasteiger partial charge in [0.2, 0.25) is 5.91 Å². The molecule has 0 aliphatic heterocycles. The number of rotatable bonds is 7. The Morgan fingerprint density at radius 2 is 2.06 bits per heavy atom. The van der Waals surface area contributed by atoms with E-state index in [1.165, 1.54) is 23.6 Å². The van der Waals surface area contributed by atoms with Crippen LogP contribution in [0, 0.1) is 0 Å². The molecule has 4 rings (SSSR count). The summed E-state index contributed by atoms with van der Waals surface area (Å²) < 4.78 is 1.61. The van der Waals surface area contributed by atoms with Crippen LogP contribution >= 0.6 is 23.1 Å². The summed E-state index contributed by atoms with van der Waals surface area (Å²) in [5.74, 6) is -0.372. The minimum absolute atomic E-state index is 0.0636. The van der Waals surface area contributed by atoms with Crippen LogP contribution in [-0.4, -0.2) is 26.5 Å². The van der Waals surface area contributed by atoms with Gasteiger partial charge in [-0.3, -0.25) is 19.0 Å². The number of fused-ring (bicyclic) bond motifs is 3. The van der Waals surface area contributed by atoms with Crippen LogP contribution in [-0.2, 0) is 24.2 Å². The summed E-state index contributed by atoms with van der Waals surface area (Å²) in [5.41, 5.74) is 2.03. The molecule has 0 bridgehead atoms. The molecule has 0 saturated carbocycles. The number of ketones is 1. The monoisotopic (exact) mass is 467 g/mol. The fourth-order valence-corrected chi connectivity index (χ4v) is 6.17. The first kappa shape index (κ1) is 22.5. The number of thioether (sulfide) groups is 1. The van der Waals surface area contributed by atoms with Crippen LogP contribution in [0.3, 0.4) is 0 Å². The molecular weight excluding hydrogens is 442 g/mol. The standard InChI is InChI=1S/C24H25N3O3S2/c1-4-13-27-23(30)20-17-10-6-8-12-19(17)32-22(20)26-24(27)31-15(3)21(29)25-18-11-7-5-9-16(18)14(2)28/h4-5,7,9,11,15H,1,6,8,10,12-13H2,2-3H3,(H,25,29). The fourth-order valence-electron chi connectivity index (χ4n) is 3.95. The zero-order valence-corrected chi connectivity index (χ0v) is 19.8. The van der Waals surface area contributed by atoms with Crippen molar-refractivity contribution in [2.45, 2.75) is 56.5 Å². The molecule has 2 aromatic heterocycles. The van der Waals surface area contributed by atoms with Crippen molar-refractivity contribution in [1.29, 1.82) is 0 Å². The molecule has 2 heterocycles. The molecule has 1 N–H and O–H groups in total. The molecular formula is C24H25N3O3S2. The number of carbonyl (C=O) groups excluding carboxylic acids is 2. The summed E-state index contributed by atoms with van der Waals surface area (Å²) in [6.07, 6.45) is 5.82. The van der Waals surface area contributed by atoms with Crippen LogP contribution in [0.15, 0.2) is 46.9 Å². The quantitative estimate of drug-likeness (QED) is 0.233. The molecule has 0 fully saturated rings. The van der Waals surface area contributed by atoms with Crippen LogP contribution in [0.1, 0.15) is 47.5 Å². The summed E-state index contributed by atoms with van der Waals surface area (Å²) >= 11 is 2.84. The van der Waals surface area contributed by atoms with Gasteiger partial charge in [-0.2, -0.15) is 0 Å². The Kier molecular flexibility index (Phi) is 6.62. The zero-order chi connectivity index (χ0) is 22.8. The van der Waals surface area contributed by atoms with Crippen molar-refractivity contribution in [2.75, 3.05) is 5.32 Å². The highest BCUT2D eigenvalue weighted by Crippen LogP contribution is 2.35. The second-order valence-electron chi connectivity index (χ2n) is 7.84. The van der Waals surface area contributed by atoms with Gasteiger partial charge in [0.05, 0.1) is 16.3 Å². The smallest absolute Gasteiger partial charge is 0.263 e. The summed E-state index contributed by atoms with van der Waals surface area (Å²) in [5, 5.41) is 3.55. The summed E-state index contributed by atoms with van der Waals surface area (Å²) in [4.78, 5) is 44.9. The number of thiophene rings is 1. The largest absolute Gasteiger partial charge is 0.324 e. The second-order valence-corrected chi connectivity index (χ2v) is 10.2. The van der Waals surface area contributed by atoms with Gasteiger partial charge >= 0.3 is 0 Å². The van der Waals surface area contributed by atoms with E-state index < -0.39 is 5.25 Å². The van der Waals surface area contributed by atoms with Crippen LogP contribution in [0.25, 0.3) is 10.2 Å². The maximum Gasteiger partial charge on any atom is 0.263 e. The van der Waals surface area contributed by atoms with Crippen molar-refractivity contribution in [3.8, 4) is 0 Å². The lowest BCUT2D eigenvalue weighted by atomic mass is 9.97. The van der Waals surface area contributed by atoms with Gasteiger partial charge in [-0.25, -0.2) is 4.98 Å². The number of para-hydroxylation sites is 1. The van der Waals surface area contributed by atoms with Gasteiger partial charge in [0.25, 0.3) is 5.56 Å². The number of aromatic nitrogens is 2. The van der Waals surface area contributed by atoms with Gasteiger partial charge in [-0.1, -0.05) is 30.0 Å². The summed E-state index contributed by atoms with van der Waals surface area (Å²) in [6.45, 7) is 7.35. The topological polar surface area (TPSA) is 81.1 Å². The van der Waals surface area contributed by atoms with E-state index in [0.29, 0.717) is 23.0 Å². The van der Waals surface area contributed by atoms with Gasteiger partial charge in [0, 0.05) is 17.0 Å². The van der Waals surface area contributed by atoms with E-state index in [-0.39, 0.29) is 17.2 Å². The first-order chi connectivity index (χ1) is 15.4. The Morgan fingerprint density at radius 1 is 1.31 bits per heavy atom. The number of amides is 1. The Morgan fingerprint density at radius 3 is 2.81 bits per heavy atom. The third kappa shape index (κ3) is 4.29. The SMILES string of the molecule is C=CCn1c(SC(C)C(=O)Nc2ccccc2C(C)=O)nc2sc3c(c2c1=O)CCCC3. The molecule has 0 radical (unpaired) electrons. The number of allylic oxidation sites excluding steroid dienone is 1. The van der Waals surface area contributed by atoms with Crippen LogP contribution in [0.2, 0.25) is 0 Å². The molecule has 32 heavy (non-hydrogen) atoms. The van der Waals surface area contributed by atoms with E-state index in [0.717, 1.165) is 41.5 Å². The number of hydrogen-bond acceptors (Lipinski definition) is 6. The summed E-state index contributed by atoms with van der Waals surface area (Å²) in [7, 11) is 0. The number of aryl methyl sites for hydroxylation is 2. The first-order valence-electron chi connectivity index (χ1n) is 10.6. The van der Waals surface area contributed by atoms with E-state index >= 15 is 0 Å². The third-order valence-electron chi connectivity index (χ3n) is 5.57. The Bertz CT molecular complexity index is 1280. The maximum atomic E-state index is 13.4. The summed E-state index contributed by atoms with van der Waals surface area (Å²) in [6, 6.07) is 6.93. The molecule has 0 spiro atoms. The molecule has 166 valence electrons. The highest BCUT2D eigenvalue weighted by Gasteiger charge is 2.24. The highest BCUT2D eigenvalue weighted by molar-refractivity contribution is 8.00. The normalized spacial score (nSPS) is 14.1. The Labute approximate surface area is 194 Å². The van der Waals surface area contributed by atoms with Crippen molar-refractivity contribution in [1.82, 2.24) is 9.55 Å². The molecule has 1 aromatic carbocycles. The number of nitrogens with zero attached hydrogens (tertiary/aromatic N) is 2. The molecule has 1 amide bonds. The van der Waals surface area contributed by atoms with E-state index in [2.05, 4.69) is 11.9 Å². The first-order valence-corrected chi connectivity index (χ1v) is 12.3.